The first kappa shape index (κ1) is 16.5. The van der Waals surface area contributed by atoms with Gasteiger partial charge >= 0.3 is 0 Å². The molecule has 0 bridgehead atoms. The van der Waals surface area contributed by atoms with Crippen LogP contribution in [0.15, 0.2) is 34.7 Å². The average Bonchev–Trinajstić information content (AvgIpc) is 3.23. The Morgan fingerprint density at radius 2 is 2.12 bits per heavy atom. The summed E-state index contributed by atoms with van der Waals surface area (Å²) >= 11 is 6.17. The molecule has 126 valence electrons. The van der Waals surface area contributed by atoms with Crippen LogP contribution >= 0.6 is 11.6 Å². The quantitative estimate of drug-likeness (QED) is 0.691. The molecule has 3 rings (SSSR count). The number of tetrazole rings is 1. The van der Waals surface area contributed by atoms with Crippen molar-refractivity contribution >= 4 is 17.5 Å². The number of aromatic nitrogens is 4. The first-order valence-electron chi connectivity index (χ1n) is 8.03. The molecule has 0 radical (unpaired) electrons. The third kappa shape index (κ3) is 3.76. The van der Waals surface area contributed by atoms with Gasteiger partial charge in [-0.05, 0) is 42.3 Å². The molecule has 24 heavy (non-hydrogen) atoms. The monoisotopic (exact) mass is 345 g/mol. The van der Waals surface area contributed by atoms with Gasteiger partial charge in [-0.3, -0.25) is 0 Å². The molecule has 6 nitrogen and oxygen atoms in total. The highest BCUT2D eigenvalue weighted by atomic mass is 35.5. The van der Waals surface area contributed by atoms with Gasteiger partial charge in [0, 0.05) is 10.6 Å². The van der Waals surface area contributed by atoms with E-state index in [1.807, 2.05) is 37.3 Å². The largest absolute Gasteiger partial charge is 0.459 e. The molecule has 0 unspecified atom stereocenters. The van der Waals surface area contributed by atoms with Crippen molar-refractivity contribution in [2.24, 2.45) is 0 Å². The molecule has 0 aliphatic rings. The van der Waals surface area contributed by atoms with Crippen molar-refractivity contribution in [1.82, 2.24) is 20.2 Å². The molecule has 0 spiro atoms. The van der Waals surface area contributed by atoms with Crippen molar-refractivity contribution in [3.63, 3.8) is 0 Å². The Hall–Kier alpha value is -2.34. The third-order valence-electron chi connectivity index (χ3n) is 3.78. The summed E-state index contributed by atoms with van der Waals surface area (Å²) in [6, 6.07) is 9.67. The number of anilines is 1. The topological polar surface area (TPSA) is 68.8 Å². The maximum absolute atomic E-state index is 6.17. The van der Waals surface area contributed by atoms with Crippen LogP contribution in [0.2, 0.25) is 5.02 Å². The Balaban J connectivity index is 1.64. The van der Waals surface area contributed by atoms with Gasteiger partial charge in [0.15, 0.2) is 0 Å². The molecular formula is C17H20ClN5O. The summed E-state index contributed by atoms with van der Waals surface area (Å²) in [4.78, 5) is 1.61. The molecule has 1 N–H and O–H groups in total. The van der Waals surface area contributed by atoms with Crippen LogP contribution in [-0.2, 0) is 13.1 Å². The molecule has 7 heteroatoms. The molecule has 3 aromatic rings. The van der Waals surface area contributed by atoms with Gasteiger partial charge < -0.3 is 9.73 Å². The highest BCUT2D eigenvalue weighted by Crippen LogP contribution is 2.29. The van der Waals surface area contributed by atoms with E-state index in [-0.39, 0.29) is 0 Å². The molecular weight excluding hydrogens is 326 g/mol. The Labute approximate surface area is 145 Å². The van der Waals surface area contributed by atoms with Crippen LogP contribution in [0.3, 0.4) is 0 Å². The SMILES string of the molecule is CCCCn1nnc(NCc2ccc(-c3cccc(Cl)c3C)o2)n1. The molecule has 0 aliphatic heterocycles. The molecule has 1 aromatic carbocycles. The Bertz CT molecular complexity index is 811. The molecule has 0 amide bonds. The van der Waals surface area contributed by atoms with E-state index in [0.29, 0.717) is 12.5 Å². The molecule has 2 aromatic heterocycles. The second-order valence-corrected chi connectivity index (χ2v) is 6.00. The Morgan fingerprint density at radius 3 is 2.96 bits per heavy atom. The fourth-order valence-corrected chi connectivity index (χ4v) is 2.54. The van der Waals surface area contributed by atoms with Gasteiger partial charge in [-0.15, -0.1) is 5.10 Å². The van der Waals surface area contributed by atoms with Crippen LogP contribution in [0.4, 0.5) is 5.95 Å². The number of rotatable bonds is 7. The smallest absolute Gasteiger partial charge is 0.263 e. The summed E-state index contributed by atoms with van der Waals surface area (Å²) in [6.45, 7) is 5.39. The lowest BCUT2D eigenvalue weighted by molar-refractivity contribution is 0.496. The maximum Gasteiger partial charge on any atom is 0.263 e. The Kier molecular flexibility index (Phi) is 5.15. The second kappa shape index (κ2) is 7.49. The summed E-state index contributed by atoms with van der Waals surface area (Å²) < 4.78 is 5.90. The standard InChI is InChI=1S/C17H20ClN5O/c1-3-4-10-23-21-17(20-22-23)19-11-13-8-9-16(24-13)14-6-5-7-15(18)12(14)2/h5-9H,3-4,10-11H2,1-2H3,(H,19,21). The number of hydrogen-bond donors (Lipinski definition) is 1. The number of nitrogens with one attached hydrogen (secondary N) is 1. The zero-order chi connectivity index (χ0) is 16.9. The third-order valence-corrected chi connectivity index (χ3v) is 4.19. The van der Waals surface area contributed by atoms with Crippen LogP contribution in [0.25, 0.3) is 11.3 Å². The van der Waals surface area contributed by atoms with E-state index in [0.717, 1.165) is 47.1 Å². The van der Waals surface area contributed by atoms with E-state index >= 15 is 0 Å². The minimum Gasteiger partial charge on any atom is -0.459 e. The highest BCUT2D eigenvalue weighted by molar-refractivity contribution is 6.31. The van der Waals surface area contributed by atoms with E-state index < -0.39 is 0 Å². The van der Waals surface area contributed by atoms with Crippen molar-refractivity contribution in [3.8, 4) is 11.3 Å². The van der Waals surface area contributed by atoms with Crippen LogP contribution in [0.5, 0.6) is 0 Å². The van der Waals surface area contributed by atoms with Crippen molar-refractivity contribution in [2.75, 3.05) is 5.32 Å². The van der Waals surface area contributed by atoms with Crippen LogP contribution in [0.1, 0.15) is 31.1 Å². The van der Waals surface area contributed by atoms with Gasteiger partial charge in [0.05, 0.1) is 13.1 Å². The fraction of sp³-hybridized carbons (Fsp3) is 0.353. The zero-order valence-corrected chi connectivity index (χ0v) is 14.5. The lowest BCUT2D eigenvalue weighted by Crippen LogP contribution is -2.03. The van der Waals surface area contributed by atoms with Crippen LogP contribution in [0, 0.1) is 6.92 Å². The van der Waals surface area contributed by atoms with Gasteiger partial charge in [-0.1, -0.05) is 42.2 Å². The van der Waals surface area contributed by atoms with Gasteiger partial charge in [-0.2, -0.15) is 4.80 Å². The number of unbranched alkanes of at least 4 members (excludes halogenated alkanes) is 1. The first-order valence-corrected chi connectivity index (χ1v) is 8.41. The molecule has 0 saturated heterocycles. The minimum absolute atomic E-state index is 0.499. The highest BCUT2D eigenvalue weighted by Gasteiger charge is 2.10. The maximum atomic E-state index is 6.17. The van der Waals surface area contributed by atoms with Crippen molar-refractivity contribution < 1.29 is 4.42 Å². The summed E-state index contributed by atoms with van der Waals surface area (Å²) in [7, 11) is 0. The van der Waals surface area contributed by atoms with Crippen LogP contribution < -0.4 is 5.32 Å². The average molecular weight is 346 g/mol. The number of aryl methyl sites for hydroxylation is 1. The predicted octanol–water partition coefficient (Wildman–Crippen LogP) is 4.31. The number of nitrogens with zero attached hydrogens (tertiary/aromatic N) is 4. The van der Waals surface area contributed by atoms with Gasteiger partial charge in [-0.25, -0.2) is 0 Å². The molecule has 0 fully saturated rings. The molecule has 0 saturated carbocycles. The van der Waals surface area contributed by atoms with E-state index in [2.05, 4.69) is 27.7 Å². The predicted molar refractivity (Wildman–Crippen MR) is 93.9 cm³/mol. The van der Waals surface area contributed by atoms with Gasteiger partial charge in [0.1, 0.15) is 11.5 Å². The molecule has 0 atom stereocenters. The van der Waals surface area contributed by atoms with E-state index in [9.17, 15) is 0 Å². The molecule has 2 heterocycles. The van der Waals surface area contributed by atoms with Gasteiger partial charge in [0.25, 0.3) is 5.95 Å². The van der Waals surface area contributed by atoms with Crippen molar-refractivity contribution in [2.45, 2.75) is 39.8 Å². The number of benzene rings is 1. The molecule has 0 aliphatic carbocycles. The van der Waals surface area contributed by atoms with E-state index in [1.165, 1.54) is 0 Å². The lowest BCUT2D eigenvalue weighted by atomic mass is 10.1. The zero-order valence-electron chi connectivity index (χ0n) is 13.8. The summed E-state index contributed by atoms with van der Waals surface area (Å²) in [5.41, 5.74) is 2.01. The minimum atomic E-state index is 0.499. The first-order chi connectivity index (χ1) is 11.7. The normalized spacial score (nSPS) is 11.0. The number of hydrogen-bond acceptors (Lipinski definition) is 5. The number of furan rings is 1. The van der Waals surface area contributed by atoms with Crippen molar-refractivity contribution in [3.05, 3.63) is 46.7 Å². The summed E-state index contributed by atoms with van der Waals surface area (Å²) in [6.07, 6.45) is 2.14. The lowest BCUT2D eigenvalue weighted by Gasteiger charge is -2.04. The Morgan fingerprint density at radius 1 is 1.25 bits per heavy atom. The van der Waals surface area contributed by atoms with E-state index in [4.69, 9.17) is 16.0 Å². The summed E-state index contributed by atoms with van der Waals surface area (Å²) in [5, 5.41) is 16.1. The van der Waals surface area contributed by atoms with Gasteiger partial charge in [0.2, 0.25) is 0 Å². The van der Waals surface area contributed by atoms with E-state index in [1.54, 1.807) is 4.80 Å². The number of halogens is 1. The second-order valence-electron chi connectivity index (χ2n) is 5.59. The fourth-order valence-electron chi connectivity index (χ4n) is 2.37. The van der Waals surface area contributed by atoms with Crippen molar-refractivity contribution in [1.29, 1.82) is 0 Å². The van der Waals surface area contributed by atoms with Crippen LogP contribution in [-0.4, -0.2) is 20.2 Å². The summed E-state index contributed by atoms with van der Waals surface area (Å²) in [5.74, 6) is 2.10.